The van der Waals surface area contributed by atoms with Gasteiger partial charge in [0, 0.05) is 65.0 Å². The summed E-state index contributed by atoms with van der Waals surface area (Å²) in [7, 11) is 8.87. The molecule has 10 nitrogen and oxygen atoms in total. The zero-order valence-corrected chi connectivity index (χ0v) is 28.2. The number of aromatic nitrogens is 2. The molecular formula is C36H50N6O4. The lowest BCUT2D eigenvalue weighted by molar-refractivity contribution is -0.142. The Balaban J connectivity index is 0.000000209. The summed E-state index contributed by atoms with van der Waals surface area (Å²) in [4.78, 5) is 17.4. The van der Waals surface area contributed by atoms with Crippen molar-refractivity contribution in [2.45, 2.75) is 64.3 Å². The second kappa shape index (κ2) is 16.7. The van der Waals surface area contributed by atoms with Crippen LogP contribution >= 0.6 is 0 Å². The van der Waals surface area contributed by atoms with Crippen molar-refractivity contribution < 1.29 is 19.0 Å². The van der Waals surface area contributed by atoms with Crippen LogP contribution in [0, 0.1) is 23.2 Å². The number of benzene rings is 2. The first-order valence-electron chi connectivity index (χ1n) is 16.2. The number of rotatable bonds is 11. The number of methoxy groups -OCH3 is 3. The maximum absolute atomic E-state index is 13.0. The molecule has 4 atom stereocenters. The van der Waals surface area contributed by atoms with Crippen molar-refractivity contribution in [2.75, 3.05) is 53.4 Å². The third-order valence-electron chi connectivity index (χ3n) is 9.27. The van der Waals surface area contributed by atoms with Gasteiger partial charge in [0.15, 0.2) is 0 Å². The fourth-order valence-corrected chi connectivity index (χ4v) is 6.77. The minimum atomic E-state index is -0.284. The maximum Gasteiger partial charge on any atom is 0.144 e. The van der Waals surface area contributed by atoms with Gasteiger partial charge >= 0.3 is 0 Å². The molecule has 5 rings (SSSR count). The van der Waals surface area contributed by atoms with Crippen molar-refractivity contribution in [2.24, 2.45) is 17.6 Å². The van der Waals surface area contributed by atoms with Crippen LogP contribution in [0.4, 0.5) is 5.69 Å². The van der Waals surface area contributed by atoms with Crippen molar-refractivity contribution in [3.8, 4) is 17.5 Å². The van der Waals surface area contributed by atoms with Crippen LogP contribution in [-0.4, -0.2) is 75.1 Å². The van der Waals surface area contributed by atoms with Gasteiger partial charge in [-0.1, -0.05) is 13.0 Å². The molecular weight excluding hydrogens is 580 g/mol. The second-order valence-corrected chi connectivity index (χ2v) is 12.3. The molecule has 1 aliphatic carbocycles. The number of hydrogen-bond acceptors (Lipinski definition) is 9. The van der Waals surface area contributed by atoms with Gasteiger partial charge in [-0.25, -0.2) is 4.68 Å². The lowest BCUT2D eigenvalue weighted by Gasteiger charge is -2.37. The molecule has 2 fully saturated rings. The average molecular weight is 631 g/mol. The van der Waals surface area contributed by atoms with Crippen molar-refractivity contribution in [1.29, 1.82) is 5.26 Å². The van der Waals surface area contributed by atoms with E-state index in [0.29, 0.717) is 12.1 Å². The van der Waals surface area contributed by atoms with Crippen LogP contribution in [0.1, 0.15) is 67.4 Å². The molecule has 1 aliphatic heterocycles. The van der Waals surface area contributed by atoms with Gasteiger partial charge in [0.05, 0.1) is 42.5 Å². The van der Waals surface area contributed by atoms with Gasteiger partial charge in [0.1, 0.15) is 17.6 Å². The van der Waals surface area contributed by atoms with E-state index in [-0.39, 0.29) is 29.8 Å². The molecule has 10 heteroatoms. The molecule has 0 bridgehead atoms. The van der Waals surface area contributed by atoms with Crippen LogP contribution in [-0.2, 0) is 27.4 Å². The summed E-state index contributed by atoms with van der Waals surface area (Å²) in [5.74, 6) is 0.771. The molecule has 2 aromatic carbocycles. The first-order valence-corrected chi connectivity index (χ1v) is 16.2. The minimum absolute atomic E-state index is 0.0149. The van der Waals surface area contributed by atoms with Gasteiger partial charge in [0.2, 0.25) is 0 Å². The first-order chi connectivity index (χ1) is 22.3. The normalized spacial score (nSPS) is 20.5. The Labute approximate surface area is 274 Å². The standard InChI is InChI=1S/C19H29NO4.C17H21N5/c1-5-14-17(23-3)9-8-16(18(14)21)19(24-4)15-7-6-13(22-2)10-12(15)11-20;1-20(2)17-9-16(6-5-15(17)10-18)22-13-14(11-19-22)12-21-7-3-4-8-21/h6-7,10,14,16-17,19H,5,8-9,11,20H2,1-4H3;5-6,9,11,13H,3-4,7-8,12H2,1-2H3. The molecule has 0 amide bonds. The SMILES string of the molecule is CCC1C(=O)C(C(OC)c2ccc(OC)cc2CN)CCC1OC.CN(C)c1cc(-n2cc(CN3CCCC3)cn2)ccc1C#N. The van der Waals surface area contributed by atoms with Gasteiger partial charge in [-0.15, -0.1) is 0 Å². The van der Waals surface area contributed by atoms with Crippen LogP contribution in [0.2, 0.25) is 0 Å². The van der Waals surface area contributed by atoms with E-state index < -0.39 is 0 Å². The highest BCUT2D eigenvalue weighted by atomic mass is 16.5. The quantitative estimate of drug-likeness (QED) is 0.302. The number of ketones is 1. The number of carbonyl (C=O) groups is 1. The monoisotopic (exact) mass is 630 g/mol. The zero-order valence-electron chi connectivity index (χ0n) is 28.2. The number of Topliss-reactive ketones (excluding diaryl/α,β-unsaturated/α-hetero) is 1. The van der Waals surface area contributed by atoms with Crippen LogP contribution in [0.3, 0.4) is 0 Å². The molecule has 2 aliphatic rings. The summed E-state index contributed by atoms with van der Waals surface area (Å²) in [5.41, 5.74) is 11.7. The summed E-state index contributed by atoms with van der Waals surface area (Å²) in [6, 6.07) is 13.8. The van der Waals surface area contributed by atoms with E-state index in [4.69, 9.17) is 19.9 Å². The molecule has 1 aromatic heterocycles. The molecule has 46 heavy (non-hydrogen) atoms. The molecule has 0 spiro atoms. The molecule has 3 aromatic rings. The fraction of sp³-hybridized carbons (Fsp3) is 0.528. The summed E-state index contributed by atoms with van der Waals surface area (Å²) >= 11 is 0. The van der Waals surface area contributed by atoms with Crippen molar-refractivity contribution in [3.05, 3.63) is 71.0 Å². The summed E-state index contributed by atoms with van der Waals surface area (Å²) in [6.45, 7) is 5.76. The number of nitriles is 1. The van der Waals surface area contributed by atoms with Gasteiger partial charge in [-0.3, -0.25) is 9.69 Å². The van der Waals surface area contributed by atoms with Crippen molar-refractivity contribution in [3.63, 3.8) is 0 Å². The predicted octanol–water partition coefficient (Wildman–Crippen LogP) is 5.27. The number of nitrogens with zero attached hydrogens (tertiary/aromatic N) is 5. The minimum Gasteiger partial charge on any atom is -0.497 e. The molecule has 1 saturated heterocycles. The van der Waals surface area contributed by atoms with Crippen LogP contribution in [0.25, 0.3) is 5.69 Å². The Kier molecular flexibility index (Phi) is 12.8. The van der Waals surface area contributed by atoms with Gasteiger partial charge < -0.3 is 24.8 Å². The Hall–Kier alpha value is -3.75. The fourth-order valence-electron chi connectivity index (χ4n) is 6.77. The highest BCUT2D eigenvalue weighted by Gasteiger charge is 2.42. The Morgan fingerprint density at radius 3 is 2.48 bits per heavy atom. The van der Waals surface area contributed by atoms with Crippen molar-refractivity contribution in [1.82, 2.24) is 14.7 Å². The van der Waals surface area contributed by atoms with E-state index in [9.17, 15) is 10.1 Å². The predicted molar refractivity (Wildman–Crippen MR) is 180 cm³/mol. The van der Waals surface area contributed by atoms with Gasteiger partial charge in [-0.05, 0) is 86.7 Å². The highest BCUT2D eigenvalue weighted by Crippen LogP contribution is 2.40. The average Bonchev–Trinajstić information content (AvgIpc) is 3.78. The number of likely N-dealkylation sites (tertiary alicyclic amines) is 1. The smallest absolute Gasteiger partial charge is 0.144 e. The zero-order chi connectivity index (χ0) is 33.2. The number of anilines is 1. The highest BCUT2D eigenvalue weighted by molar-refractivity contribution is 5.85. The van der Waals surface area contributed by atoms with E-state index in [1.807, 2.05) is 73.2 Å². The Morgan fingerprint density at radius 1 is 1.11 bits per heavy atom. The molecule has 4 unspecified atom stereocenters. The van der Waals surface area contributed by atoms with E-state index >= 15 is 0 Å². The third kappa shape index (κ3) is 8.15. The maximum atomic E-state index is 13.0. The van der Waals surface area contributed by atoms with Crippen LogP contribution in [0.5, 0.6) is 5.75 Å². The Bertz CT molecular complexity index is 1480. The number of carbonyl (C=O) groups excluding carboxylic acids is 1. The third-order valence-corrected chi connectivity index (χ3v) is 9.27. The Morgan fingerprint density at radius 2 is 1.87 bits per heavy atom. The van der Waals surface area contributed by atoms with E-state index in [1.54, 1.807) is 21.3 Å². The molecule has 248 valence electrons. The van der Waals surface area contributed by atoms with Gasteiger partial charge in [0.25, 0.3) is 0 Å². The number of nitrogens with two attached hydrogens (primary N) is 1. The first kappa shape index (κ1) is 35.1. The molecule has 2 N–H and O–H groups in total. The molecule has 0 radical (unpaired) electrons. The number of ether oxygens (including phenoxy) is 3. The molecule has 2 heterocycles. The molecule has 1 saturated carbocycles. The van der Waals surface area contributed by atoms with Crippen LogP contribution < -0.4 is 15.4 Å². The lowest BCUT2D eigenvalue weighted by Crippen LogP contribution is -2.42. The summed E-state index contributed by atoms with van der Waals surface area (Å²) in [5, 5.41) is 13.7. The largest absolute Gasteiger partial charge is 0.497 e. The second-order valence-electron chi connectivity index (χ2n) is 12.3. The topological polar surface area (TPSA) is 119 Å². The number of hydrogen-bond donors (Lipinski definition) is 1. The van der Waals surface area contributed by atoms with E-state index in [1.165, 1.54) is 31.5 Å². The van der Waals surface area contributed by atoms with E-state index in [2.05, 4.69) is 22.3 Å². The van der Waals surface area contributed by atoms with Crippen molar-refractivity contribution >= 4 is 11.5 Å². The van der Waals surface area contributed by atoms with Crippen LogP contribution in [0.15, 0.2) is 48.8 Å². The summed E-state index contributed by atoms with van der Waals surface area (Å²) < 4.78 is 18.4. The summed E-state index contributed by atoms with van der Waals surface area (Å²) in [6.07, 6.45) is 8.78. The van der Waals surface area contributed by atoms with E-state index in [0.717, 1.165) is 54.1 Å². The lowest BCUT2D eigenvalue weighted by atomic mass is 9.73. The van der Waals surface area contributed by atoms with Gasteiger partial charge in [-0.2, -0.15) is 10.4 Å².